The second kappa shape index (κ2) is 10.4. The number of primary amides is 1. The van der Waals surface area contributed by atoms with Crippen LogP contribution in [-0.4, -0.2) is 17.9 Å². The maximum absolute atomic E-state index is 14.1. The zero-order valence-electron chi connectivity index (χ0n) is 19.1. The van der Waals surface area contributed by atoms with Crippen molar-refractivity contribution in [1.29, 1.82) is 0 Å². The van der Waals surface area contributed by atoms with E-state index in [9.17, 15) is 22.8 Å². The van der Waals surface area contributed by atoms with Gasteiger partial charge in [0, 0.05) is 11.6 Å². The van der Waals surface area contributed by atoms with Gasteiger partial charge in [0.05, 0.1) is 5.56 Å². The molecule has 0 saturated heterocycles. The number of hydrogen-bond donors (Lipinski definition) is 2. The predicted octanol–water partition coefficient (Wildman–Crippen LogP) is 5.34. The zero-order chi connectivity index (χ0) is 25.0. The molecular formula is C26H27F3N2O4. The van der Waals surface area contributed by atoms with Crippen LogP contribution < -0.4 is 11.1 Å². The molecule has 9 heteroatoms. The quantitative estimate of drug-likeness (QED) is 0.565. The molecule has 1 aliphatic heterocycles. The lowest BCUT2D eigenvalue weighted by molar-refractivity contribution is -0.138. The molecule has 1 atom stereocenters. The minimum Gasteiger partial charge on any atom is -0.465 e. The van der Waals surface area contributed by atoms with E-state index in [0.29, 0.717) is 18.2 Å². The number of allylic oxidation sites excluding steroid dienone is 4. The first kappa shape index (κ1) is 24.6. The fourth-order valence-electron chi connectivity index (χ4n) is 4.58. The number of amides is 2. The third-order valence-corrected chi connectivity index (χ3v) is 6.37. The highest BCUT2D eigenvalue weighted by atomic mass is 19.4. The van der Waals surface area contributed by atoms with E-state index in [-0.39, 0.29) is 22.9 Å². The Morgan fingerprint density at radius 3 is 2.54 bits per heavy atom. The molecule has 1 aromatic rings. The Bertz CT molecular complexity index is 1110. The Labute approximate surface area is 201 Å². The number of carbonyl (C=O) groups is 2. The second-order valence-corrected chi connectivity index (χ2v) is 8.84. The number of benzene rings is 1. The van der Waals surface area contributed by atoms with Gasteiger partial charge in [0.25, 0.3) is 0 Å². The van der Waals surface area contributed by atoms with E-state index in [1.165, 1.54) is 12.3 Å². The average molecular weight is 489 g/mol. The molecule has 2 aliphatic carbocycles. The molecule has 4 rings (SSSR count). The van der Waals surface area contributed by atoms with E-state index < -0.39 is 29.5 Å². The van der Waals surface area contributed by atoms with Gasteiger partial charge in [0.15, 0.2) is 11.5 Å². The molecule has 1 unspecified atom stereocenters. The van der Waals surface area contributed by atoms with E-state index >= 15 is 0 Å². The Hall–Kier alpha value is -3.49. The van der Waals surface area contributed by atoms with Crippen molar-refractivity contribution >= 4 is 11.8 Å². The second-order valence-electron chi connectivity index (χ2n) is 8.84. The molecule has 0 aromatic heterocycles. The Balaban J connectivity index is 1.73. The minimum atomic E-state index is -4.84. The highest BCUT2D eigenvalue weighted by molar-refractivity contribution is 5.94. The Kier molecular flexibility index (Phi) is 7.33. The number of hydrogen-bond acceptors (Lipinski definition) is 4. The molecule has 1 saturated carbocycles. The summed E-state index contributed by atoms with van der Waals surface area (Å²) in [6.07, 6.45) is 9.25. The van der Waals surface area contributed by atoms with Gasteiger partial charge >= 0.3 is 6.18 Å². The summed E-state index contributed by atoms with van der Waals surface area (Å²) < 4.78 is 53.7. The number of rotatable bonds is 6. The van der Waals surface area contributed by atoms with E-state index in [1.54, 1.807) is 0 Å². The first-order valence-electron chi connectivity index (χ1n) is 11.6. The number of carbonyl (C=O) groups excluding carboxylic acids is 2. The van der Waals surface area contributed by atoms with Crippen LogP contribution in [-0.2, 0) is 20.4 Å². The summed E-state index contributed by atoms with van der Waals surface area (Å²) in [5.41, 5.74) is 4.25. The van der Waals surface area contributed by atoms with Crippen LogP contribution in [0.4, 0.5) is 13.2 Å². The average Bonchev–Trinajstić information content (AvgIpc) is 2.85. The van der Waals surface area contributed by atoms with Crippen molar-refractivity contribution in [2.75, 3.05) is 0 Å². The van der Waals surface area contributed by atoms with Crippen LogP contribution in [0.3, 0.4) is 0 Å². The monoisotopic (exact) mass is 488 g/mol. The molecule has 3 N–H and O–H groups in total. The van der Waals surface area contributed by atoms with E-state index in [1.807, 2.05) is 18.2 Å². The smallest absolute Gasteiger partial charge is 0.416 e. The summed E-state index contributed by atoms with van der Waals surface area (Å²) in [5.74, 6) is -2.79. The lowest BCUT2D eigenvalue weighted by atomic mass is 9.88. The third kappa shape index (κ3) is 5.78. The molecule has 1 fully saturated rings. The SMILES string of the molecule is NC(=O)c1ccc(C(C(=O)NC2CCCCC2)C2=COC=C(C3=CC=CCC3)O2)c(C(F)(F)F)c1. The maximum Gasteiger partial charge on any atom is 0.416 e. The van der Waals surface area contributed by atoms with Gasteiger partial charge in [-0.2, -0.15) is 13.2 Å². The number of nitrogens with one attached hydrogen (secondary N) is 1. The Morgan fingerprint density at radius 2 is 1.89 bits per heavy atom. The molecule has 2 amide bonds. The molecule has 35 heavy (non-hydrogen) atoms. The van der Waals surface area contributed by atoms with Gasteiger partial charge < -0.3 is 20.5 Å². The zero-order valence-corrected chi connectivity index (χ0v) is 19.1. The van der Waals surface area contributed by atoms with Crippen molar-refractivity contribution in [2.45, 2.75) is 63.1 Å². The van der Waals surface area contributed by atoms with Crippen LogP contribution >= 0.6 is 0 Å². The first-order chi connectivity index (χ1) is 16.7. The predicted molar refractivity (Wildman–Crippen MR) is 123 cm³/mol. The summed E-state index contributed by atoms with van der Waals surface area (Å²) in [6, 6.07) is 2.83. The van der Waals surface area contributed by atoms with Crippen LogP contribution in [0, 0.1) is 0 Å². The lowest BCUT2D eigenvalue weighted by Gasteiger charge is -2.29. The van der Waals surface area contributed by atoms with Crippen molar-refractivity contribution in [3.63, 3.8) is 0 Å². The Morgan fingerprint density at radius 1 is 1.11 bits per heavy atom. The summed E-state index contributed by atoms with van der Waals surface area (Å²) in [7, 11) is 0. The molecular weight excluding hydrogens is 461 g/mol. The normalized spacial score (nSPS) is 19.5. The van der Waals surface area contributed by atoms with Gasteiger partial charge in [-0.05, 0) is 49.0 Å². The molecule has 0 spiro atoms. The first-order valence-corrected chi connectivity index (χ1v) is 11.6. The van der Waals surface area contributed by atoms with Crippen LogP contribution in [0.2, 0.25) is 0 Å². The molecule has 0 radical (unpaired) electrons. The fourth-order valence-corrected chi connectivity index (χ4v) is 4.58. The number of ether oxygens (including phenoxy) is 2. The summed E-state index contributed by atoms with van der Waals surface area (Å²) in [4.78, 5) is 25.1. The van der Waals surface area contributed by atoms with E-state index in [4.69, 9.17) is 15.2 Å². The fraction of sp³-hybridized carbons (Fsp3) is 0.385. The molecule has 1 aromatic carbocycles. The van der Waals surface area contributed by atoms with Crippen LogP contribution in [0.25, 0.3) is 0 Å². The van der Waals surface area contributed by atoms with E-state index in [0.717, 1.165) is 56.4 Å². The molecule has 1 heterocycles. The maximum atomic E-state index is 14.1. The minimum absolute atomic E-state index is 0.0661. The lowest BCUT2D eigenvalue weighted by Crippen LogP contribution is -2.40. The van der Waals surface area contributed by atoms with Gasteiger partial charge in [0.1, 0.15) is 18.4 Å². The molecule has 186 valence electrons. The van der Waals surface area contributed by atoms with Gasteiger partial charge in [-0.1, -0.05) is 43.6 Å². The van der Waals surface area contributed by atoms with Crippen LogP contribution in [0.5, 0.6) is 0 Å². The van der Waals surface area contributed by atoms with Crippen molar-refractivity contribution in [1.82, 2.24) is 5.32 Å². The number of halogens is 3. The molecule has 3 aliphatic rings. The highest BCUT2D eigenvalue weighted by Crippen LogP contribution is 2.41. The van der Waals surface area contributed by atoms with Crippen molar-refractivity contribution in [2.24, 2.45) is 5.73 Å². The van der Waals surface area contributed by atoms with Gasteiger partial charge in [0.2, 0.25) is 11.8 Å². The summed E-state index contributed by atoms with van der Waals surface area (Å²) in [5, 5.41) is 2.91. The molecule has 0 bridgehead atoms. The van der Waals surface area contributed by atoms with E-state index in [2.05, 4.69) is 5.32 Å². The molecule has 6 nitrogen and oxygen atoms in total. The topological polar surface area (TPSA) is 90.7 Å². The summed E-state index contributed by atoms with van der Waals surface area (Å²) in [6.45, 7) is 0. The van der Waals surface area contributed by atoms with Crippen LogP contribution in [0.15, 0.2) is 66.0 Å². The van der Waals surface area contributed by atoms with Crippen molar-refractivity contribution in [3.05, 3.63) is 82.7 Å². The van der Waals surface area contributed by atoms with Crippen LogP contribution in [0.1, 0.15) is 72.3 Å². The highest BCUT2D eigenvalue weighted by Gasteiger charge is 2.41. The van der Waals surface area contributed by atoms with Crippen molar-refractivity contribution < 1.29 is 32.2 Å². The van der Waals surface area contributed by atoms with Crippen molar-refractivity contribution in [3.8, 4) is 0 Å². The van der Waals surface area contributed by atoms with Gasteiger partial charge in [-0.25, -0.2) is 0 Å². The largest absolute Gasteiger partial charge is 0.465 e. The number of nitrogens with two attached hydrogens (primary N) is 1. The third-order valence-electron chi connectivity index (χ3n) is 6.37. The van der Waals surface area contributed by atoms with Gasteiger partial charge in [-0.15, -0.1) is 0 Å². The number of alkyl halides is 3. The van der Waals surface area contributed by atoms with Gasteiger partial charge in [-0.3, -0.25) is 9.59 Å². The standard InChI is InChI=1S/C26H27F3N2O4/c27-26(28,29)20-13-17(24(30)32)11-12-19(20)23(25(33)31-18-9-5-2-6-10-18)22-15-34-14-21(35-22)16-7-3-1-4-8-16/h1,3,7,11-15,18,23H,2,4-6,8-10H2,(H2,30,32)(H,31,33). The summed E-state index contributed by atoms with van der Waals surface area (Å²) >= 11 is 0.